The predicted molar refractivity (Wildman–Crippen MR) is 79.5 cm³/mol. The molecule has 0 aliphatic carbocycles. The van der Waals surface area contributed by atoms with Gasteiger partial charge in [-0.2, -0.15) is 0 Å². The molecule has 0 N–H and O–H groups in total. The summed E-state index contributed by atoms with van der Waals surface area (Å²) in [5.41, 5.74) is 1.84. The highest BCUT2D eigenvalue weighted by Crippen LogP contribution is 2.33. The molecule has 1 aromatic carbocycles. The van der Waals surface area contributed by atoms with Crippen LogP contribution in [0.25, 0.3) is 0 Å². The number of halogens is 2. The van der Waals surface area contributed by atoms with E-state index in [2.05, 4.69) is 15.9 Å². The molecule has 1 aliphatic rings. The van der Waals surface area contributed by atoms with Crippen molar-refractivity contribution < 1.29 is 9.53 Å². The van der Waals surface area contributed by atoms with Crippen LogP contribution >= 0.6 is 27.5 Å². The molecular formula is C14H17BrClNO2. The lowest BCUT2D eigenvalue weighted by Crippen LogP contribution is -2.40. The largest absolute Gasteiger partial charge is 0.444 e. The number of rotatable bonds is 0. The number of ether oxygens (including phenoxy) is 1. The minimum atomic E-state index is -0.469. The fourth-order valence-electron chi connectivity index (χ4n) is 2.05. The molecule has 104 valence electrons. The van der Waals surface area contributed by atoms with Gasteiger partial charge in [-0.25, -0.2) is 4.79 Å². The van der Waals surface area contributed by atoms with E-state index in [1.165, 1.54) is 5.56 Å². The van der Waals surface area contributed by atoms with E-state index in [4.69, 9.17) is 16.3 Å². The number of amides is 1. The van der Waals surface area contributed by atoms with Crippen LogP contribution in [0.3, 0.4) is 0 Å². The van der Waals surface area contributed by atoms with E-state index in [1.54, 1.807) is 4.90 Å². The standard InChI is InChI=1S/C14H17BrClNO2/c1-14(2,3)19-13(18)17-7-6-9-4-5-11(16)12(15)10(9)8-17/h4-5H,6-8H2,1-3H3. The first-order valence-electron chi connectivity index (χ1n) is 6.21. The third-order valence-corrected chi connectivity index (χ3v) is 4.39. The molecule has 0 unspecified atom stereocenters. The second kappa shape index (κ2) is 5.33. The molecule has 0 radical (unpaired) electrons. The molecule has 1 amide bonds. The lowest BCUT2D eigenvalue weighted by atomic mass is 10.0. The SMILES string of the molecule is CC(C)(C)OC(=O)N1CCc2ccc(Cl)c(Br)c2C1. The maximum atomic E-state index is 12.1. The summed E-state index contributed by atoms with van der Waals surface area (Å²) in [6.07, 6.45) is 0.551. The van der Waals surface area contributed by atoms with Crippen molar-refractivity contribution in [1.29, 1.82) is 0 Å². The number of carbonyl (C=O) groups excluding carboxylic acids is 1. The topological polar surface area (TPSA) is 29.5 Å². The highest BCUT2D eigenvalue weighted by atomic mass is 79.9. The molecule has 0 fully saturated rings. The summed E-state index contributed by atoms with van der Waals surface area (Å²) in [5.74, 6) is 0. The minimum absolute atomic E-state index is 0.273. The highest BCUT2D eigenvalue weighted by Gasteiger charge is 2.27. The van der Waals surface area contributed by atoms with E-state index < -0.39 is 5.60 Å². The van der Waals surface area contributed by atoms with Gasteiger partial charge in [0.05, 0.1) is 11.6 Å². The van der Waals surface area contributed by atoms with Crippen LogP contribution in [-0.2, 0) is 17.7 Å². The molecule has 19 heavy (non-hydrogen) atoms. The van der Waals surface area contributed by atoms with E-state index >= 15 is 0 Å². The van der Waals surface area contributed by atoms with Crippen LogP contribution in [0.2, 0.25) is 5.02 Å². The Hall–Kier alpha value is -0.740. The van der Waals surface area contributed by atoms with Crippen LogP contribution < -0.4 is 0 Å². The summed E-state index contributed by atoms with van der Waals surface area (Å²) in [5, 5.41) is 0.671. The number of hydrogen-bond donors (Lipinski definition) is 0. The van der Waals surface area contributed by atoms with Gasteiger partial charge in [-0.1, -0.05) is 17.7 Å². The quantitative estimate of drug-likeness (QED) is 0.697. The van der Waals surface area contributed by atoms with Gasteiger partial charge in [-0.3, -0.25) is 0 Å². The van der Waals surface area contributed by atoms with Crippen LogP contribution in [0.5, 0.6) is 0 Å². The Labute approximate surface area is 127 Å². The van der Waals surface area contributed by atoms with E-state index in [9.17, 15) is 4.79 Å². The summed E-state index contributed by atoms with van der Waals surface area (Å²) < 4.78 is 6.28. The highest BCUT2D eigenvalue weighted by molar-refractivity contribution is 9.10. The number of carbonyl (C=O) groups is 1. The molecule has 2 rings (SSSR count). The molecule has 3 nitrogen and oxygen atoms in total. The molecule has 1 aromatic rings. The fourth-order valence-corrected chi connectivity index (χ4v) is 2.73. The first-order valence-corrected chi connectivity index (χ1v) is 7.39. The van der Waals surface area contributed by atoms with Crippen molar-refractivity contribution in [1.82, 2.24) is 4.90 Å². The van der Waals surface area contributed by atoms with Crippen LogP contribution in [0.4, 0.5) is 4.79 Å². The Kier molecular flexibility index (Phi) is 4.11. The predicted octanol–water partition coefficient (Wildman–Crippen LogP) is 4.40. The Balaban J connectivity index is 2.18. The van der Waals surface area contributed by atoms with E-state index in [-0.39, 0.29) is 6.09 Å². The maximum absolute atomic E-state index is 12.1. The zero-order valence-corrected chi connectivity index (χ0v) is 13.6. The molecular weight excluding hydrogens is 330 g/mol. The number of hydrogen-bond acceptors (Lipinski definition) is 2. The van der Waals surface area contributed by atoms with Gasteiger partial charge in [-0.05, 0) is 60.3 Å². The Morgan fingerprint density at radius 3 is 2.74 bits per heavy atom. The van der Waals surface area contributed by atoms with Gasteiger partial charge < -0.3 is 9.64 Å². The van der Waals surface area contributed by atoms with Crippen molar-refractivity contribution >= 4 is 33.6 Å². The van der Waals surface area contributed by atoms with Crippen molar-refractivity contribution in [3.63, 3.8) is 0 Å². The lowest BCUT2D eigenvalue weighted by molar-refractivity contribution is 0.0223. The second-order valence-electron chi connectivity index (χ2n) is 5.65. The smallest absolute Gasteiger partial charge is 0.410 e. The monoisotopic (exact) mass is 345 g/mol. The number of fused-ring (bicyclic) bond motifs is 1. The fraction of sp³-hybridized carbons (Fsp3) is 0.500. The normalized spacial score (nSPS) is 15.1. The van der Waals surface area contributed by atoms with Gasteiger partial charge in [0.1, 0.15) is 5.60 Å². The molecule has 1 aliphatic heterocycles. The summed E-state index contributed by atoms with van der Waals surface area (Å²) in [6, 6.07) is 3.91. The molecule has 0 saturated heterocycles. The molecule has 0 saturated carbocycles. The van der Waals surface area contributed by atoms with Crippen LogP contribution in [0.15, 0.2) is 16.6 Å². The van der Waals surface area contributed by atoms with Gasteiger partial charge in [-0.15, -0.1) is 0 Å². The summed E-state index contributed by atoms with van der Waals surface area (Å²) in [7, 11) is 0. The second-order valence-corrected chi connectivity index (χ2v) is 6.85. The lowest BCUT2D eigenvalue weighted by Gasteiger charge is -2.31. The van der Waals surface area contributed by atoms with Crippen molar-refractivity contribution in [2.24, 2.45) is 0 Å². The average Bonchev–Trinajstić information content (AvgIpc) is 2.31. The summed E-state index contributed by atoms with van der Waals surface area (Å²) in [4.78, 5) is 13.8. The van der Waals surface area contributed by atoms with E-state index in [0.717, 1.165) is 16.5 Å². The third kappa shape index (κ3) is 3.42. The van der Waals surface area contributed by atoms with Gasteiger partial charge >= 0.3 is 6.09 Å². The van der Waals surface area contributed by atoms with Gasteiger partial charge in [0.15, 0.2) is 0 Å². The maximum Gasteiger partial charge on any atom is 0.410 e. The summed E-state index contributed by atoms with van der Waals surface area (Å²) >= 11 is 9.59. The zero-order valence-electron chi connectivity index (χ0n) is 11.3. The van der Waals surface area contributed by atoms with Crippen LogP contribution in [0, 0.1) is 0 Å². The number of benzene rings is 1. The average molecular weight is 347 g/mol. The molecule has 0 aromatic heterocycles. The van der Waals surface area contributed by atoms with Crippen molar-refractivity contribution in [2.45, 2.75) is 39.3 Å². The van der Waals surface area contributed by atoms with Gasteiger partial charge in [0.2, 0.25) is 0 Å². The van der Waals surface area contributed by atoms with E-state index in [1.807, 2.05) is 32.9 Å². The third-order valence-electron chi connectivity index (χ3n) is 2.94. The molecule has 0 spiro atoms. The molecule has 0 bridgehead atoms. The van der Waals surface area contributed by atoms with Gasteiger partial charge in [0.25, 0.3) is 0 Å². The number of nitrogens with zero attached hydrogens (tertiary/aromatic N) is 1. The zero-order chi connectivity index (χ0) is 14.2. The Bertz CT molecular complexity index is 511. The van der Waals surface area contributed by atoms with Crippen molar-refractivity contribution in [3.8, 4) is 0 Å². The van der Waals surface area contributed by atoms with Crippen molar-refractivity contribution in [3.05, 3.63) is 32.8 Å². The first-order chi connectivity index (χ1) is 8.78. The van der Waals surface area contributed by atoms with Crippen LogP contribution in [-0.4, -0.2) is 23.1 Å². The van der Waals surface area contributed by atoms with Crippen molar-refractivity contribution in [2.75, 3.05) is 6.54 Å². The molecule has 1 heterocycles. The Morgan fingerprint density at radius 1 is 1.42 bits per heavy atom. The summed E-state index contributed by atoms with van der Waals surface area (Å²) in [6.45, 7) is 6.82. The van der Waals surface area contributed by atoms with E-state index in [0.29, 0.717) is 18.1 Å². The van der Waals surface area contributed by atoms with Crippen LogP contribution in [0.1, 0.15) is 31.9 Å². The van der Waals surface area contributed by atoms with Gasteiger partial charge in [0, 0.05) is 11.0 Å². The first kappa shape index (κ1) is 14.7. The minimum Gasteiger partial charge on any atom is -0.444 e. The Morgan fingerprint density at radius 2 is 2.11 bits per heavy atom. The molecule has 5 heteroatoms. The molecule has 0 atom stereocenters.